The Labute approximate surface area is 170 Å². The van der Waals surface area contributed by atoms with Crippen molar-refractivity contribution in [3.8, 4) is 0 Å². The molecule has 2 aliphatic rings. The summed E-state index contributed by atoms with van der Waals surface area (Å²) in [7, 11) is -3.46. The van der Waals surface area contributed by atoms with Gasteiger partial charge in [-0.15, -0.1) is 0 Å². The SMILES string of the molecule is O=S1(=O)N[C@@H](C2CCN(Cc3ccc4nccnc4c3)CC2)Nc2ccccc21. The molecule has 3 heterocycles. The molecule has 1 saturated heterocycles. The van der Waals surface area contributed by atoms with Gasteiger partial charge in [0.1, 0.15) is 4.90 Å². The zero-order valence-electron chi connectivity index (χ0n) is 16.0. The van der Waals surface area contributed by atoms with E-state index in [1.807, 2.05) is 18.2 Å². The Morgan fingerprint density at radius 2 is 1.76 bits per heavy atom. The molecule has 2 N–H and O–H groups in total. The van der Waals surface area contributed by atoms with E-state index in [0.717, 1.165) is 43.5 Å². The molecule has 1 atom stereocenters. The molecule has 2 aliphatic heterocycles. The fourth-order valence-electron chi connectivity index (χ4n) is 4.27. The van der Waals surface area contributed by atoms with E-state index in [0.29, 0.717) is 10.6 Å². The van der Waals surface area contributed by atoms with Gasteiger partial charge in [0.15, 0.2) is 0 Å². The Morgan fingerprint density at radius 3 is 2.59 bits per heavy atom. The number of piperidine rings is 1. The number of para-hydroxylation sites is 1. The highest BCUT2D eigenvalue weighted by molar-refractivity contribution is 7.89. The van der Waals surface area contributed by atoms with Gasteiger partial charge in [-0.25, -0.2) is 8.42 Å². The van der Waals surface area contributed by atoms with Crippen molar-refractivity contribution in [2.24, 2.45) is 5.92 Å². The summed E-state index contributed by atoms with van der Waals surface area (Å²) in [5.74, 6) is 0.261. The van der Waals surface area contributed by atoms with Gasteiger partial charge >= 0.3 is 0 Å². The van der Waals surface area contributed by atoms with Crippen LogP contribution < -0.4 is 10.0 Å². The smallest absolute Gasteiger partial charge is 0.244 e. The fourth-order valence-corrected chi connectivity index (χ4v) is 5.66. The maximum absolute atomic E-state index is 12.6. The summed E-state index contributed by atoms with van der Waals surface area (Å²) in [6.45, 7) is 2.74. The van der Waals surface area contributed by atoms with Gasteiger partial charge in [0.25, 0.3) is 0 Å². The first-order valence-electron chi connectivity index (χ1n) is 9.88. The van der Waals surface area contributed by atoms with Crippen molar-refractivity contribution in [1.29, 1.82) is 0 Å². The molecule has 0 unspecified atom stereocenters. The molecular formula is C21H23N5O2S. The van der Waals surface area contributed by atoms with Gasteiger partial charge in [0, 0.05) is 18.9 Å². The molecule has 7 nitrogen and oxygen atoms in total. The van der Waals surface area contributed by atoms with Gasteiger partial charge < -0.3 is 5.32 Å². The monoisotopic (exact) mass is 409 g/mol. The van der Waals surface area contributed by atoms with Crippen LogP contribution in [0, 0.1) is 5.92 Å². The number of aromatic nitrogens is 2. The average Bonchev–Trinajstić information content (AvgIpc) is 2.74. The van der Waals surface area contributed by atoms with Crippen LogP contribution in [0.2, 0.25) is 0 Å². The minimum atomic E-state index is -3.46. The van der Waals surface area contributed by atoms with Crippen molar-refractivity contribution >= 4 is 26.7 Å². The van der Waals surface area contributed by atoms with Crippen molar-refractivity contribution < 1.29 is 8.42 Å². The van der Waals surface area contributed by atoms with Gasteiger partial charge in [0.05, 0.1) is 22.9 Å². The van der Waals surface area contributed by atoms with Crippen molar-refractivity contribution in [3.05, 3.63) is 60.4 Å². The minimum absolute atomic E-state index is 0.256. The Kier molecular flexibility index (Phi) is 4.69. The van der Waals surface area contributed by atoms with Crippen molar-refractivity contribution in [1.82, 2.24) is 19.6 Å². The third-order valence-corrected chi connectivity index (χ3v) is 7.31. The van der Waals surface area contributed by atoms with Crippen LogP contribution in [-0.2, 0) is 16.6 Å². The van der Waals surface area contributed by atoms with E-state index in [4.69, 9.17) is 0 Å². The van der Waals surface area contributed by atoms with Crippen LogP contribution in [0.25, 0.3) is 11.0 Å². The van der Waals surface area contributed by atoms with E-state index in [-0.39, 0.29) is 12.1 Å². The van der Waals surface area contributed by atoms with Crippen molar-refractivity contribution in [3.63, 3.8) is 0 Å². The number of likely N-dealkylation sites (tertiary alicyclic amines) is 1. The first kappa shape index (κ1) is 18.5. The van der Waals surface area contributed by atoms with E-state index < -0.39 is 10.0 Å². The Balaban J connectivity index is 1.24. The topological polar surface area (TPSA) is 87.2 Å². The number of anilines is 1. The number of nitrogens with one attached hydrogen (secondary N) is 2. The Morgan fingerprint density at radius 1 is 1.00 bits per heavy atom. The second-order valence-electron chi connectivity index (χ2n) is 7.73. The lowest BCUT2D eigenvalue weighted by molar-refractivity contribution is 0.163. The molecule has 2 aromatic carbocycles. The summed E-state index contributed by atoms with van der Waals surface area (Å²) in [5.41, 5.74) is 3.74. The van der Waals surface area contributed by atoms with E-state index in [1.54, 1.807) is 24.5 Å². The molecule has 1 fully saturated rings. The Hall–Kier alpha value is -2.55. The molecular weight excluding hydrogens is 386 g/mol. The molecule has 0 spiro atoms. The normalized spacial score (nSPS) is 22.1. The molecule has 150 valence electrons. The maximum atomic E-state index is 12.6. The number of fused-ring (bicyclic) bond motifs is 2. The number of rotatable bonds is 3. The Bertz CT molecular complexity index is 1140. The maximum Gasteiger partial charge on any atom is 0.244 e. The number of benzene rings is 2. The second-order valence-corrected chi connectivity index (χ2v) is 9.41. The molecule has 0 aliphatic carbocycles. The van der Waals surface area contributed by atoms with E-state index >= 15 is 0 Å². The minimum Gasteiger partial charge on any atom is -0.368 e. The standard InChI is InChI=1S/C21H23N5O2S/c27-29(28)20-4-2-1-3-18(20)24-21(25-29)16-7-11-26(12-8-16)14-15-5-6-17-19(13-15)23-10-9-22-17/h1-6,9-10,13,16,21,24-25H,7-8,11-12,14H2/t21-/m0/s1. The molecule has 0 amide bonds. The second kappa shape index (κ2) is 7.37. The molecule has 29 heavy (non-hydrogen) atoms. The van der Waals surface area contributed by atoms with Crippen LogP contribution >= 0.6 is 0 Å². The first-order valence-corrected chi connectivity index (χ1v) is 11.4. The summed E-state index contributed by atoms with van der Waals surface area (Å²) in [6, 6.07) is 13.3. The molecule has 8 heteroatoms. The van der Waals surface area contributed by atoms with Crippen molar-refractivity contribution in [2.45, 2.75) is 30.4 Å². The number of nitrogens with zero attached hydrogens (tertiary/aromatic N) is 3. The summed E-state index contributed by atoms with van der Waals surface area (Å²) >= 11 is 0. The third kappa shape index (κ3) is 3.71. The summed E-state index contributed by atoms with van der Waals surface area (Å²) in [4.78, 5) is 11.4. The number of hydrogen-bond donors (Lipinski definition) is 2. The van der Waals surface area contributed by atoms with E-state index in [9.17, 15) is 8.42 Å². The van der Waals surface area contributed by atoms with E-state index in [2.05, 4.69) is 37.0 Å². The number of hydrogen-bond acceptors (Lipinski definition) is 6. The lowest BCUT2D eigenvalue weighted by Crippen LogP contribution is -2.51. The lowest BCUT2D eigenvalue weighted by Gasteiger charge is -2.38. The lowest BCUT2D eigenvalue weighted by atomic mass is 9.93. The molecule has 3 aromatic rings. The fraction of sp³-hybridized carbons (Fsp3) is 0.333. The first-order chi connectivity index (χ1) is 14.1. The van der Waals surface area contributed by atoms with Crippen molar-refractivity contribution in [2.75, 3.05) is 18.4 Å². The zero-order valence-corrected chi connectivity index (χ0v) is 16.8. The van der Waals surface area contributed by atoms with E-state index in [1.165, 1.54) is 5.56 Å². The average molecular weight is 410 g/mol. The summed E-state index contributed by atoms with van der Waals surface area (Å²) in [6.07, 6.45) is 5.05. The van der Waals surface area contributed by atoms with Crippen LogP contribution in [0.4, 0.5) is 5.69 Å². The van der Waals surface area contributed by atoms with Gasteiger partial charge in [-0.2, -0.15) is 4.72 Å². The highest BCUT2D eigenvalue weighted by Crippen LogP contribution is 2.31. The van der Waals surface area contributed by atoms with Gasteiger partial charge in [-0.3, -0.25) is 14.9 Å². The predicted molar refractivity (Wildman–Crippen MR) is 112 cm³/mol. The predicted octanol–water partition coefficient (Wildman–Crippen LogP) is 2.57. The quantitative estimate of drug-likeness (QED) is 0.691. The van der Waals surface area contributed by atoms with Gasteiger partial charge in [-0.1, -0.05) is 18.2 Å². The molecule has 0 bridgehead atoms. The molecule has 1 aromatic heterocycles. The van der Waals surface area contributed by atoms with Crippen LogP contribution in [-0.4, -0.2) is 42.5 Å². The zero-order chi connectivity index (χ0) is 19.8. The molecule has 0 radical (unpaired) electrons. The van der Waals surface area contributed by atoms with Crippen LogP contribution in [0.15, 0.2) is 59.8 Å². The van der Waals surface area contributed by atoms with Crippen LogP contribution in [0.1, 0.15) is 18.4 Å². The molecule has 0 saturated carbocycles. The summed E-state index contributed by atoms with van der Waals surface area (Å²) in [5, 5.41) is 3.38. The summed E-state index contributed by atoms with van der Waals surface area (Å²) < 4.78 is 28.0. The van der Waals surface area contributed by atoms with Gasteiger partial charge in [0.2, 0.25) is 10.0 Å². The highest BCUT2D eigenvalue weighted by Gasteiger charge is 2.35. The number of sulfonamides is 1. The third-order valence-electron chi connectivity index (χ3n) is 5.81. The largest absolute Gasteiger partial charge is 0.368 e. The van der Waals surface area contributed by atoms with Crippen LogP contribution in [0.5, 0.6) is 0 Å². The van der Waals surface area contributed by atoms with Gasteiger partial charge in [-0.05, 0) is 61.7 Å². The highest BCUT2D eigenvalue weighted by atomic mass is 32.2. The van der Waals surface area contributed by atoms with Crippen LogP contribution in [0.3, 0.4) is 0 Å². The molecule has 5 rings (SSSR count).